The van der Waals surface area contributed by atoms with Crippen molar-refractivity contribution < 1.29 is 9.90 Å². The van der Waals surface area contributed by atoms with E-state index in [0.717, 1.165) is 30.6 Å². The van der Waals surface area contributed by atoms with E-state index in [1.54, 1.807) is 11.3 Å². The second kappa shape index (κ2) is 4.42. The molecule has 2 aliphatic rings. The molecule has 0 saturated carbocycles. The van der Waals surface area contributed by atoms with Crippen LogP contribution in [-0.4, -0.2) is 35.1 Å². The number of aryl methyl sites for hydroxylation is 2. The summed E-state index contributed by atoms with van der Waals surface area (Å²) in [5.74, 6) is 0.163. The Morgan fingerprint density at radius 3 is 2.82 bits per heavy atom. The summed E-state index contributed by atoms with van der Waals surface area (Å²) in [5, 5.41) is 9.44. The van der Waals surface area contributed by atoms with Gasteiger partial charge in [0.25, 0.3) is 5.91 Å². The fourth-order valence-electron chi connectivity index (χ4n) is 2.66. The van der Waals surface area contributed by atoms with Crippen molar-refractivity contribution >= 4 is 17.2 Å². The minimum absolute atomic E-state index is 0.163. The van der Waals surface area contributed by atoms with E-state index in [2.05, 4.69) is 6.07 Å². The molecular formula is C13H17NO2S. The molecule has 0 aromatic carbocycles. The standard InChI is InChI=1S/C13H17NO2S/c15-10-4-6-14(7-5-10)13(16)12-8-9-2-1-3-11(9)17-12/h8,10,15H,1-7H2. The van der Waals surface area contributed by atoms with Crippen molar-refractivity contribution in [1.29, 1.82) is 0 Å². The molecule has 1 fully saturated rings. The number of hydrogen-bond acceptors (Lipinski definition) is 3. The van der Waals surface area contributed by atoms with Gasteiger partial charge in [-0.25, -0.2) is 0 Å². The highest BCUT2D eigenvalue weighted by atomic mass is 32.1. The lowest BCUT2D eigenvalue weighted by Gasteiger charge is -2.29. The SMILES string of the molecule is O=C(c1cc2c(s1)CCC2)N1CCC(O)CC1. The average molecular weight is 251 g/mol. The predicted octanol–water partition coefficient (Wildman–Crippen LogP) is 1.83. The van der Waals surface area contributed by atoms with Gasteiger partial charge in [-0.2, -0.15) is 0 Å². The molecule has 1 aromatic heterocycles. The van der Waals surface area contributed by atoms with Crippen LogP contribution in [0.25, 0.3) is 0 Å². The van der Waals surface area contributed by atoms with Crippen molar-refractivity contribution in [3.05, 3.63) is 21.4 Å². The Labute approximate surface area is 105 Å². The first kappa shape index (κ1) is 11.2. The first-order valence-electron chi connectivity index (χ1n) is 6.33. The molecule has 0 spiro atoms. The van der Waals surface area contributed by atoms with Crippen molar-refractivity contribution in [2.24, 2.45) is 0 Å². The molecule has 1 aliphatic carbocycles. The maximum atomic E-state index is 12.3. The van der Waals surface area contributed by atoms with Crippen molar-refractivity contribution in [2.75, 3.05) is 13.1 Å². The number of amides is 1. The van der Waals surface area contributed by atoms with Crippen LogP contribution in [0, 0.1) is 0 Å². The van der Waals surface area contributed by atoms with E-state index in [1.807, 2.05) is 4.90 Å². The molecule has 1 N–H and O–H groups in total. The Morgan fingerprint density at radius 1 is 1.35 bits per heavy atom. The van der Waals surface area contributed by atoms with E-state index in [0.29, 0.717) is 13.1 Å². The topological polar surface area (TPSA) is 40.5 Å². The molecule has 1 saturated heterocycles. The molecule has 1 aromatic rings. The van der Waals surface area contributed by atoms with Crippen molar-refractivity contribution in [2.45, 2.75) is 38.2 Å². The van der Waals surface area contributed by atoms with E-state index < -0.39 is 0 Å². The lowest BCUT2D eigenvalue weighted by atomic mass is 10.1. The second-order valence-electron chi connectivity index (χ2n) is 4.94. The summed E-state index contributed by atoms with van der Waals surface area (Å²) in [5.41, 5.74) is 1.38. The van der Waals surface area contributed by atoms with Gasteiger partial charge in [0.05, 0.1) is 11.0 Å². The normalized spacial score (nSPS) is 20.6. The van der Waals surface area contributed by atoms with Crippen LogP contribution >= 0.6 is 11.3 Å². The number of carbonyl (C=O) groups excluding carboxylic acids is 1. The van der Waals surface area contributed by atoms with Crippen LogP contribution in [-0.2, 0) is 12.8 Å². The van der Waals surface area contributed by atoms with Gasteiger partial charge in [-0.1, -0.05) is 0 Å². The second-order valence-corrected chi connectivity index (χ2v) is 6.07. The van der Waals surface area contributed by atoms with Crippen LogP contribution < -0.4 is 0 Å². The summed E-state index contributed by atoms with van der Waals surface area (Å²) in [6.07, 6.45) is 4.75. The first-order valence-corrected chi connectivity index (χ1v) is 7.14. The maximum Gasteiger partial charge on any atom is 0.263 e. The van der Waals surface area contributed by atoms with Gasteiger partial charge in [0, 0.05) is 18.0 Å². The van der Waals surface area contributed by atoms with Gasteiger partial charge >= 0.3 is 0 Å². The van der Waals surface area contributed by atoms with E-state index >= 15 is 0 Å². The fourth-order valence-corrected chi connectivity index (χ4v) is 3.88. The smallest absolute Gasteiger partial charge is 0.263 e. The number of hydrogen-bond donors (Lipinski definition) is 1. The third kappa shape index (κ3) is 2.11. The zero-order chi connectivity index (χ0) is 11.8. The maximum absolute atomic E-state index is 12.3. The molecule has 1 amide bonds. The van der Waals surface area contributed by atoms with Crippen LogP contribution in [0.3, 0.4) is 0 Å². The Kier molecular flexibility index (Phi) is 2.92. The highest BCUT2D eigenvalue weighted by molar-refractivity contribution is 7.14. The molecule has 0 unspecified atom stereocenters. The van der Waals surface area contributed by atoms with Gasteiger partial charge < -0.3 is 10.0 Å². The quantitative estimate of drug-likeness (QED) is 0.827. The molecule has 2 heterocycles. The zero-order valence-electron chi connectivity index (χ0n) is 9.82. The van der Waals surface area contributed by atoms with Gasteiger partial charge in [0.2, 0.25) is 0 Å². The Morgan fingerprint density at radius 2 is 2.12 bits per heavy atom. The van der Waals surface area contributed by atoms with Gasteiger partial charge in [-0.15, -0.1) is 11.3 Å². The summed E-state index contributed by atoms with van der Waals surface area (Å²) in [7, 11) is 0. The minimum atomic E-state index is -0.215. The number of nitrogens with zero attached hydrogens (tertiary/aromatic N) is 1. The summed E-state index contributed by atoms with van der Waals surface area (Å²) in [4.78, 5) is 16.5. The van der Waals surface area contributed by atoms with E-state index in [-0.39, 0.29) is 12.0 Å². The summed E-state index contributed by atoms with van der Waals surface area (Å²) in [6.45, 7) is 1.39. The largest absolute Gasteiger partial charge is 0.393 e. The molecule has 0 bridgehead atoms. The van der Waals surface area contributed by atoms with Crippen LogP contribution in [0.15, 0.2) is 6.07 Å². The molecule has 17 heavy (non-hydrogen) atoms. The van der Waals surface area contributed by atoms with Crippen LogP contribution in [0.1, 0.15) is 39.4 Å². The van der Waals surface area contributed by atoms with Gasteiger partial charge in [-0.05, 0) is 43.7 Å². The highest BCUT2D eigenvalue weighted by Gasteiger charge is 2.25. The van der Waals surface area contributed by atoms with Crippen LogP contribution in [0.2, 0.25) is 0 Å². The van der Waals surface area contributed by atoms with Crippen LogP contribution in [0.5, 0.6) is 0 Å². The monoisotopic (exact) mass is 251 g/mol. The number of carbonyl (C=O) groups is 1. The molecule has 1 aliphatic heterocycles. The molecule has 0 radical (unpaired) electrons. The number of fused-ring (bicyclic) bond motifs is 1. The number of thiophene rings is 1. The Bertz CT molecular complexity index is 411. The lowest BCUT2D eigenvalue weighted by Crippen LogP contribution is -2.39. The summed E-state index contributed by atoms with van der Waals surface area (Å²) < 4.78 is 0. The van der Waals surface area contributed by atoms with Crippen LogP contribution in [0.4, 0.5) is 0 Å². The predicted molar refractivity (Wildman–Crippen MR) is 67.5 cm³/mol. The Hall–Kier alpha value is -0.870. The number of aliphatic hydroxyl groups excluding tert-OH is 1. The van der Waals surface area contributed by atoms with E-state index in [4.69, 9.17) is 0 Å². The Balaban J connectivity index is 1.73. The van der Waals surface area contributed by atoms with Crippen molar-refractivity contribution in [1.82, 2.24) is 4.90 Å². The number of likely N-dealkylation sites (tertiary alicyclic amines) is 1. The highest BCUT2D eigenvalue weighted by Crippen LogP contribution is 2.31. The molecule has 3 nitrogen and oxygen atoms in total. The third-order valence-corrected chi connectivity index (χ3v) is 4.93. The molecule has 0 atom stereocenters. The van der Waals surface area contributed by atoms with Gasteiger partial charge in [0.15, 0.2) is 0 Å². The van der Waals surface area contributed by atoms with E-state index in [9.17, 15) is 9.90 Å². The molecule has 3 rings (SSSR count). The third-order valence-electron chi connectivity index (χ3n) is 3.71. The summed E-state index contributed by atoms with van der Waals surface area (Å²) >= 11 is 1.67. The number of aliphatic hydroxyl groups is 1. The van der Waals surface area contributed by atoms with Gasteiger partial charge in [-0.3, -0.25) is 4.79 Å². The number of piperidine rings is 1. The zero-order valence-corrected chi connectivity index (χ0v) is 10.6. The first-order chi connectivity index (χ1) is 8.24. The summed E-state index contributed by atoms with van der Waals surface area (Å²) in [6, 6.07) is 2.08. The number of rotatable bonds is 1. The van der Waals surface area contributed by atoms with Crippen molar-refractivity contribution in [3.63, 3.8) is 0 Å². The molecule has 92 valence electrons. The molecular weight excluding hydrogens is 234 g/mol. The average Bonchev–Trinajstić information content (AvgIpc) is 2.89. The van der Waals surface area contributed by atoms with E-state index in [1.165, 1.54) is 16.9 Å². The lowest BCUT2D eigenvalue weighted by molar-refractivity contribution is 0.0550. The minimum Gasteiger partial charge on any atom is -0.393 e. The van der Waals surface area contributed by atoms with Gasteiger partial charge in [0.1, 0.15) is 0 Å². The fraction of sp³-hybridized carbons (Fsp3) is 0.615. The molecule has 4 heteroatoms. The van der Waals surface area contributed by atoms with Crippen molar-refractivity contribution in [3.8, 4) is 0 Å².